The van der Waals surface area contributed by atoms with Crippen molar-refractivity contribution in [3.63, 3.8) is 0 Å². The minimum absolute atomic E-state index is 0.0736. The first kappa shape index (κ1) is 15.2. The Morgan fingerprint density at radius 3 is 3.14 bits per heavy atom. The van der Waals surface area contributed by atoms with Gasteiger partial charge in [-0.15, -0.1) is 11.3 Å². The third-order valence-electron chi connectivity index (χ3n) is 3.91. The number of ether oxygens (including phenoxy) is 1. The summed E-state index contributed by atoms with van der Waals surface area (Å²) < 4.78 is 5.58. The highest BCUT2D eigenvalue weighted by Crippen LogP contribution is 2.22. The number of nitrogens with zero attached hydrogens (tertiary/aromatic N) is 3. The van der Waals surface area contributed by atoms with E-state index in [9.17, 15) is 9.59 Å². The van der Waals surface area contributed by atoms with Gasteiger partial charge in [-0.25, -0.2) is 9.78 Å². The summed E-state index contributed by atoms with van der Waals surface area (Å²) in [5.41, 5.74) is 0.726. The molecule has 0 bridgehead atoms. The van der Waals surface area contributed by atoms with Crippen molar-refractivity contribution >= 4 is 28.4 Å². The van der Waals surface area contributed by atoms with E-state index in [1.807, 2.05) is 10.3 Å². The Bertz CT molecular complexity index is 562. The van der Waals surface area contributed by atoms with Crippen molar-refractivity contribution in [3.8, 4) is 0 Å². The Kier molecular flexibility index (Phi) is 4.58. The predicted octanol–water partition coefficient (Wildman–Crippen LogP) is 0.853. The van der Waals surface area contributed by atoms with Crippen LogP contribution < -0.4 is 10.2 Å². The van der Waals surface area contributed by atoms with E-state index in [0.29, 0.717) is 37.9 Å². The Hall–Kier alpha value is -1.67. The number of morpholine rings is 1. The molecule has 0 aromatic carbocycles. The highest BCUT2D eigenvalue weighted by Gasteiger charge is 2.26. The topological polar surface area (TPSA) is 74.8 Å². The molecule has 0 aliphatic carbocycles. The van der Waals surface area contributed by atoms with Crippen LogP contribution in [-0.2, 0) is 16.0 Å². The second kappa shape index (κ2) is 6.62. The van der Waals surface area contributed by atoms with Gasteiger partial charge in [0.2, 0.25) is 5.91 Å². The maximum Gasteiger partial charge on any atom is 0.323 e. The van der Waals surface area contributed by atoms with E-state index in [2.05, 4.69) is 17.2 Å². The van der Waals surface area contributed by atoms with E-state index in [1.165, 1.54) is 11.3 Å². The van der Waals surface area contributed by atoms with Gasteiger partial charge in [0, 0.05) is 31.6 Å². The number of anilines is 1. The monoisotopic (exact) mass is 324 g/mol. The molecule has 1 aromatic heterocycles. The molecule has 1 atom stereocenters. The molecule has 3 amide bonds. The van der Waals surface area contributed by atoms with E-state index < -0.39 is 0 Å². The number of amides is 3. The van der Waals surface area contributed by atoms with E-state index in [-0.39, 0.29) is 24.5 Å². The number of carbonyl (C=O) groups excluding carboxylic acids is 2. The van der Waals surface area contributed by atoms with Gasteiger partial charge in [-0.3, -0.25) is 9.69 Å². The van der Waals surface area contributed by atoms with Crippen molar-refractivity contribution in [1.82, 2.24) is 15.2 Å². The fourth-order valence-electron chi connectivity index (χ4n) is 2.62. The Morgan fingerprint density at radius 1 is 1.55 bits per heavy atom. The van der Waals surface area contributed by atoms with Crippen LogP contribution in [0.2, 0.25) is 0 Å². The van der Waals surface area contributed by atoms with Crippen molar-refractivity contribution in [2.45, 2.75) is 25.9 Å². The fraction of sp³-hybridized carbons (Fsp3) is 0.643. The van der Waals surface area contributed by atoms with Gasteiger partial charge in [-0.05, 0) is 6.42 Å². The lowest BCUT2D eigenvalue weighted by molar-refractivity contribution is -0.138. The van der Waals surface area contributed by atoms with Crippen LogP contribution >= 0.6 is 11.3 Å². The molecule has 1 aromatic rings. The summed E-state index contributed by atoms with van der Waals surface area (Å²) in [5, 5.41) is 5.26. The van der Waals surface area contributed by atoms with Gasteiger partial charge in [-0.1, -0.05) is 6.92 Å². The minimum atomic E-state index is -0.119. The van der Waals surface area contributed by atoms with Gasteiger partial charge >= 0.3 is 6.03 Å². The molecule has 2 aliphatic rings. The van der Waals surface area contributed by atoms with E-state index >= 15 is 0 Å². The van der Waals surface area contributed by atoms with Gasteiger partial charge in [0.1, 0.15) is 0 Å². The molecule has 120 valence electrons. The first-order chi connectivity index (χ1) is 10.7. The lowest BCUT2D eigenvalue weighted by Gasteiger charge is -2.32. The van der Waals surface area contributed by atoms with Gasteiger partial charge in [0.05, 0.1) is 24.8 Å². The summed E-state index contributed by atoms with van der Waals surface area (Å²) in [6.07, 6.45) is 1.33. The van der Waals surface area contributed by atoms with Gasteiger partial charge in [0.25, 0.3) is 0 Å². The maximum absolute atomic E-state index is 12.4. The van der Waals surface area contributed by atoms with Gasteiger partial charge in [-0.2, -0.15) is 0 Å². The molecular formula is C14H20N4O3S. The fourth-order valence-corrected chi connectivity index (χ4v) is 3.46. The number of nitrogens with one attached hydrogen (secondary N) is 1. The average molecular weight is 324 g/mol. The lowest BCUT2D eigenvalue weighted by atomic mass is 10.2. The van der Waals surface area contributed by atoms with Crippen molar-refractivity contribution in [2.75, 3.05) is 37.7 Å². The van der Waals surface area contributed by atoms with Crippen LogP contribution in [0.1, 0.15) is 19.0 Å². The zero-order valence-corrected chi connectivity index (χ0v) is 13.4. The predicted molar refractivity (Wildman–Crippen MR) is 83.2 cm³/mol. The van der Waals surface area contributed by atoms with Crippen LogP contribution in [0.25, 0.3) is 0 Å². The van der Waals surface area contributed by atoms with Crippen LogP contribution in [0, 0.1) is 0 Å². The van der Waals surface area contributed by atoms with Crippen molar-refractivity contribution < 1.29 is 14.3 Å². The highest BCUT2D eigenvalue weighted by atomic mass is 32.1. The summed E-state index contributed by atoms with van der Waals surface area (Å²) >= 11 is 1.40. The summed E-state index contributed by atoms with van der Waals surface area (Å²) in [5.74, 6) is 0.0736. The third kappa shape index (κ3) is 3.22. The Balaban J connectivity index is 1.60. The molecule has 3 rings (SSSR count). The van der Waals surface area contributed by atoms with Crippen molar-refractivity contribution in [2.24, 2.45) is 0 Å². The number of carbonyl (C=O) groups is 2. The molecule has 0 radical (unpaired) electrons. The molecule has 2 saturated heterocycles. The van der Waals surface area contributed by atoms with Crippen LogP contribution in [0.4, 0.5) is 9.93 Å². The first-order valence-electron chi connectivity index (χ1n) is 7.56. The smallest absolute Gasteiger partial charge is 0.323 e. The average Bonchev–Trinajstić information content (AvgIpc) is 3.16. The maximum atomic E-state index is 12.4. The molecule has 3 heterocycles. The van der Waals surface area contributed by atoms with Crippen LogP contribution in [-0.4, -0.2) is 60.7 Å². The Morgan fingerprint density at radius 2 is 2.41 bits per heavy atom. The summed E-state index contributed by atoms with van der Waals surface area (Å²) in [7, 11) is 0. The van der Waals surface area contributed by atoms with E-state index in [0.717, 1.165) is 12.1 Å². The van der Waals surface area contributed by atoms with E-state index in [1.54, 1.807) is 4.90 Å². The zero-order valence-electron chi connectivity index (χ0n) is 12.6. The highest BCUT2D eigenvalue weighted by molar-refractivity contribution is 7.14. The van der Waals surface area contributed by atoms with E-state index in [4.69, 9.17) is 4.74 Å². The lowest BCUT2D eigenvalue weighted by Crippen LogP contribution is -2.46. The normalized spacial score (nSPS) is 22.0. The summed E-state index contributed by atoms with van der Waals surface area (Å²) in [6, 6.07) is -0.119. The molecule has 8 heteroatoms. The molecule has 0 unspecified atom stereocenters. The number of hydrogen-bond acceptors (Lipinski definition) is 5. The summed E-state index contributed by atoms with van der Waals surface area (Å²) in [4.78, 5) is 31.9. The standard InChI is InChI=1S/C14H20N4O3S/c1-2-11-8-17(5-6-21-11)12(19)7-10-9-22-14(16-10)18-4-3-15-13(18)20/h9,11H,2-8H2,1H3,(H,15,20)/t11-/m0/s1. The second-order valence-corrected chi connectivity index (χ2v) is 6.26. The van der Waals surface area contributed by atoms with Crippen molar-refractivity contribution in [3.05, 3.63) is 11.1 Å². The number of urea groups is 1. The number of hydrogen-bond donors (Lipinski definition) is 1. The third-order valence-corrected chi connectivity index (χ3v) is 4.82. The molecule has 1 N–H and O–H groups in total. The molecule has 7 nitrogen and oxygen atoms in total. The molecule has 2 aliphatic heterocycles. The SMILES string of the molecule is CC[C@H]1CN(C(=O)Cc2csc(N3CCNC3=O)n2)CCO1. The number of aromatic nitrogens is 1. The molecule has 0 spiro atoms. The molecule has 0 saturated carbocycles. The molecular weight excluding hydrogens is 304 g/mol. The van der Waals surface area contributed by atoms with Crippen LogP contribution in [0.15, 0.2) is 5.38 Å². The second-order valence-electron chi connectivity index (χ2n) is 5.42. The van der Waals surface area contributed by atoms with Gasteiger partial charge < -0.3 is 15.0 Å². The Labute approximate surface area is 133 Å². The quantitative estimate of drug-likeness (QED) is 0.891. The zero-order chi connectivity index (χ0) is 15.5. The number of thiazole rings is 1. The largest absolute Gasteiger partial charge is 0.375 e. The minimum Gasteiger partial charge on any atom is -0.375 e. The van der Waals surface area contributed by atoms with Crippen molar-refractivity contribution in [1.29, 1.82) is 0 Å². The van der Waals surface area contributed by atoms with Crippen LogP contribution in [0.5, 0.6) is 0 Å². The summed E-state index contributed by atoms with van der Waals surface area (Å²) in [6.45, 7) is 5.22. The van der Waals surface area contributed by atoms with Crippen LogP contribution in [0.3, 0.4) is 0 Å². The number of rotatable bonds is 4. The van der Waals surface area contributed by atoms with Gasteiger partial charge in [0.15, 0.2) is 5.13 Å². The molecule has 2 fully saturated rings. The first-order valence-corrected chi connectivity index (χ1v) is 8.44. The molecule has 22 heavy (non-hydrogen) atoms.